The Kier molecular flexibility index (Phi) is 5.42. The van der Waals surface area contributed by atoms with Crippen molar-refractivity contribution in [3.8, 4) is 6.07 Å². The monoisotopic (exact) mass is 312 g/mol. The van der Waals surface area contributed by atoms with Gasteiger partial charge < -0.3 is 10.1 Å². The molecular weight excluding hydrogens is 299 g/mol. The number of benzene rings is 2. The lowest BCUT2D eigenvalue weighted by Crippen LogP contribution is -2.10. The number of carbonyl (C=O) groups excluding carboxylic acids is 2. The first-order valence-electron chi connectivity index (χ1n) is 6.77. The van der Waals surface area contributed by atoms with Crippen molar-refractivity contribution in [1.82, 2.24) is 0 Å². The molecule has 0 saturated carbocycles. The fourth-order valence-corrected chi connectivity index (χ4v) is 1.83. The zero-order chi connectivity index (χ0) is 16.7. The fourth-order valence-electron chi connectivity index (χ4n) is 1.83. The Hall–Kier alpha value is -3.20. The number of amides is 1. The second kappa shape index (κ2) is 7.71. The van der Waals surface area contributed by atoms with Crippen LogP contribution in [-0.2, 0) is 16.1 Å². The van der Waals surface area contributed by atoms with Gasteiger partial charge >= 0.3 is 5.97 Å². The third-order valence-corrected chi connectivity index (χ3v) is 2.90. The van der Waals surface area contributed by atoms with Crippen LogP contribution in [-0.4, -0.2) is 11.9 Å². The van der Waals surface area contributed by atoms with Crippen LogP contribution in [0.5, 0.6) is 0 Å². The summed E-state index contributed by atoms with van der Waals surface area (Å²) in [4.78, 5) is 23.2. The summed E-state index contributed by atoms with van der Waals surface area (Å²) in [6.45, 7) is -0.0305. The van der Waals surface area contributed by atoms with E-state index in [2.05, 4.69) is 5.32 Å². The quantitative estimate of drug-likeness (QED) is 0.861. The number of hydrogen-bond donors (Lipinski definition) is 1. The van der Waals surface area contributed by atoms with Crippen molar-refractivity contribution in [2.45, 2.75) is 13.0 Å². The van der Waals surface area contributed by atoms with Crippen molar-refractivity contribution in [1.29, 1.82) is 5.26 Å². The Balaban J connectivity index is 1.92. The minimum atomic E-state index is -0.552. The SMILES string of the molecule is N#CCC(=O)Nc1ccc(C(=O)OCc2cccc(F)c2)cc1. The van der Waals surface area contributed by atoms with Gasteiger partial charge in [0.25, 0.3) is 0 Å². The fraction of sp³-hybridized carbons (Fsp3) is 0.118. The minimum Gasteiger partial charge on any atom is -0.457 e. The number of carbonyl (C=O) groups is 2. The summed E-state index contributed by atoms with van der Waals surface area (Å²) in [5.74, 6) is -1.37. The van der Waals surface area contributed by atoms with E-state index in [0.29, 0.717) is 16.8 Å². The average Bonchev–Trinajstić information content (AvgIpc) is 2.53. The van der Waals surface area contributed by atoms with E-state index in [0.717, 1.165) is 0 Å². The molecule has 0 aromatic heterocycles. The van der Waals surface area contributed by atoms with Gasteiger partial charge in [-0.25, -0.2) is 9.18 Å². The van der Waals surface area contributed by atoms with E-state index >= 15 is 0 Å². The third-order valence-electron chi connectivity index (χ3n) is 2.90. The lowest BCUT2D eigenvalue weighted by Gasteiger charge is -2.07. The van der Waals surface area contributed by atoms with Crippen LogP contribution in [0.1, 0.15) is 22.3 Å². The Morgan fingerprint density at radius 3 is 2.57 bits per heavy atom. The Bertz CT molecular complexity index is 751. The number of ether oxygens (including phenoxy) is 1. The van der Waals surface area contributed by atoms with Gasteiger partial charge in [-0.05, 0) is 42.0 Å². The number of esters is 1. The number of hydrogen-bond acceptors (Lipinski definition) is 4. The first kappa shape index (κ1) is 16.2. The summed E-state index contributed by atoms with van der Waals surface area (Å²) >= 11 is 0. The van der Waals surface area contributed by atoms with Crippen molar-refractivity contribution in [2.24, 2.45) is 0 Å². The van der Waals surface area contributed by atoms with Crippen LogP contribution in [0.15, 0.2) is 48.5 Å². The van der Waals surface area contributed by atoms with Crippen molar-refractivity contribution in [3.05, 3.63) is 65.5 Å². The topological polar surface area (TPSA) is 79.2 Å². The van der Waals surface area contributed by atoms with Crippen LogP contribution in [0.3, 0.4) is 0 Å². The molecule has 0 unspecified atom stereocenters. The summed E-state index contributed by atoms with van der Waals surface area (Å²) in [6, 6.07) is 13.6. The first-order valence-corrected chi connectivity index (χ1v) is 6.77. The molecule has 2 rings (SSSR count). The lowest BCUT2D eigenvalue weighted by molar-refractivity contribution is -0.115. The number of rotatable bonds is 5. The van der Waals surface area contributed by atoms with Gasteiger partial charge in [-0.3, -0.25) is 4.79 Å². The highest BCUT2D eigenvalue weighted by Gasteiger charge is 2.08. The van der Waals surface area contributed by atoms with E-state index in [4.69, 9.17) is 10.00 Å². The molecule has 1 amide bonds. The highest BCUT2D eigenvalue weighted by molar-refractivity contribution is 5.93. The van der Waals surface area contributed by atoms with Crippen LogP contribution in [0.4, 0.5) is 10.1 Å². The molecule has 23 heavy (non-hydrogen) atoms. The Labute approximate surface area is 132 Å². The highest BCUT2D eigenvalue weighted by atomic mass is 19.1. The molecule has 0 aliphatic rings. The molecule has 0 aliphatic heterocycles. The largest absolute Gasteiger partial charge is 0.457 e. The molecule has 5 nitrogen and oxygen atoms in total. The normalized spacial score (nSPS) is 9.74. The third kappa shape index (κ3) is 4.93. The second-order valence-corrected chi connectivity index (χ2v) is 4.67. The standard InChI is InChI=1S/C17H13FN2O3/c18-14-3-1-2-12(10-14)11-23-17(22)13-4-6-15(7-5-13)20-16(21)8-9-19/h1-7,10H,8,11H2,(H,20,21). The summed E-state index contributed by atoms with van der Waals surface area (Å²) in [5, 5.41) is 10.9. The van der Waals surface area contributed by atoms with Gasteiger partial charge in [-0.15, -0.1) is 0 Å². The zero-order valence-electron chi connectivity index (χ0n) is 12.1. The molecule has 1 N–H and O–H groups in total. The maximum Gasteiger partial charge on any atom is 0.338 e. The van der Waals surface area contributed by atoms with Crippen LogP contribution >= 0.6 is 0 Å². The smallest absolute Gasteiger partial charge is 0.338 e. The summed E-state index contributed by atoms with van der Waals surface area (Å²) in [7, 11) is 0. The predicted octanol–water partition coefficient (Wildman–Crippen LogP) is 3.03. The van der Waals surface area contributed by atoms with Gasteiger partial charge in [0.15, 0.2) is 0 Å². The molecule has 2 aromatic carbocycles. The maximum atomic E-state index is 13.0. The van der Waals surface area contributed by atoms with E-state index in [1.807, 2.05) is 0 Å². The van der Waals surface area contributed by atoms with Crippen LogP contribution < -0.4 is 5.32 Å². The highest BCUT2D eigenvalue weighted by Crippen LogP contribution is 2.12. The first-order chi connectivity index (χ1) is 11.1. The molecular formula is C17H13FN2O3. The molecule has 0 bridgehead atoms. The van der Waals surface area contributed by atoms with Gasteiger partial charge in [0.1, 0.15) is 18.8 Å². The molecule has 0 heterocycles. The van der Waals surface area contributed by atoms with E-state index in [1.54, 1.807) is 12.1 Å². The van der Waals surface area contributed by atoms with Crippen LogP contribution in [0, 0.1) is 17.1 Å². The van der Waals surface area contributed by atoms with Crippen LogP contribution in [0.25, 0.3) is 0 Å². The molecule has 6 heteroatoms. The van der Waals surface area contributed by atoms with Crippen molar-refractivity contribution < 1.29 is 18.7 Å². The molecule has 0 atom stereocenters. The number of nitriles is 1. The maximum absolute atomic E-state index is 13.0. The van der Waals surface area contributed by atoms with E-state index in [9.17, 15) is 14.0 Å². The molecule has 116 valence electrons. The molecule has 0 fully saturated rings. The van der Waals surface area contributed by atoms with E-state index in [-0.39, 0.29) is 13.0 Å². The Morgan fingerprint density at radius 1 is 1.17 bits per heavy atom. The number of nitrogens with one attached hydrogen (secondary N) is 1. The van der Waals surface area contributed by atoms with Gasteiger partial charge in [0.2, 0.25) is 5.91 Å². The van der Waals surface area contributed by atoms with Gasteiger partial charge in [-0.2, -0.15) is 5.26 Å². The van der Waals surface area contributed by atoms with Crippen molar-refractivity contribution in [3.63, 3.8) is 0 Å². The van der Waals surface area contributed by atoms with Gasteiger partial charge in [0, 0.05) is 5.69 Å². The molecule has 0 radical (unpaired) electrons. The van der Waals surface area contributed by atoms with Gasteiger partial charge in [0.05, 0.1) is 11.6 Å². The molecule has 0 saturated heterocycles. The van der Waals surface area contributed by atoms with Crippen molar-refractivity contribution in [2.75, 3.05) is 5.32 Å². The Morgan fingerprint density at radius 2 is 1.91 bits per heavy atom. The van der Waals surface area contributed by atoms with Crippen LogP contribution in [0.2, 0.25) is 0 Å². The molecule has 2 aromatic rings. The van der Waals surface area contributed by atoms with Crippen molar-refractivity contribution >= 4 is 17.6 Å². The van der Waals surface area contributed by atoms with E-state index < -0.39 is 17.7 Å². The van der Waals surface area contributed by atoms with Gasteiger partial charge in [-0.1, -0.05) is 12.1 Å². The zero-order valence-corrected chi connectivity index (χ0v) is 12.1. The number of nitrogens with zero attached hydrogens (tertiary/aromatic N) is 1. The summed E-state index contributed by atoms with van der Waals surface area (Å²) < 4.78 is 18.1. The number of anilines is 1. The van der Waals surface area contributed by atoms with E-state index in [1.165, 1.54) is 42.5 Å². The average molecular weight is 312 g/mol. The summed E-state index contributed by atoms with van der Waals surface area (Å²) in [6.07, 6.45) is -0.239. The lowest BCUT2D eigenvalue weighted by atomic mass is 10.2. The molecule has 0 aliphatic carbocycles. The molecule has 0 spiro atoms. The summed E-state index contributed by atoms with van der Waals surface area (Å²) in [5.41, 5.74) is 1.34. The predicted molar refractivity (Wildman–Crippen MR) is 80.8 cm³/mol. The minimum absolute atomic E-state index is 0.0305. The second-order valence-electron chi connectivity index (χ2n) is 4.67. The number of halogens is 1.